The first-order valence-electron chi connectivity index (χ1n) is 8.27. The molecule has 0 aliphatic carbocycles. The van der Waals surface area contributed by atoms with Crippen molar-refractivity contribution in [1.82, 2.24) is 5.32 Å². The van der Waals surface area contributed by atoms with Crippen molar-refractivity contribution >= 4 is 40.6 Å². The number of urea groups is 1. The van der Waals surface area contributed by atoms with Crippen molar-refractivity contribution in [2.45, 2.75) is 25.4 Å². The second-order valence-electron chi connectivity index (χ2n) is 6.21. The fourth-order valence-corrected chi connectivity index (χ4v) is 3.48. The predicted octanol–water partition coefficient (Wildman–Crippen LogP) is 4.65. The number of anilines is 2. The summed E-state index contributed by atoms with van der Waals surface area (Å²) in [7, 11) is 0. The third-order valence-corrected chi connectivity index (χ3v) is 5.14. The lowest BCUT2D eigenvalue weighted by Crippen LogP contribution is -2.45. The summed E-state index contributed by atoms with van der Waals surface area (Å²) < 4.78 is 0. The molecule has 0 bridgehead atoms. The van der Waals surface area contributed by atoms with Crippen LogP contribution in [0.2, 0.25) is 10.0 Å². The summed E-state index contributed by atoms with van der Waals surface area (Å²) in [5, 5.41) is 15.9. The highest BCUT2D eigenvalue weighted by atomic mass is 35.5. The number of carbonyl (C=O) groups is 1. The van der Waals surface area contributed by atoms with Crippen LogP contribution in [0.4, 0.5) is 16.2 Å². The minimum Gasteiger partial charge on any atom is -0.367 e. The van der Waals surface area contributed by atoms with Crippen LogP contribution >= 0.6 is 23.2 Å². The van der Waals surface area contributed by atoms with E-state index in [1.807, 2.05) is 6.07 Å². The largest absolute Gasteiger partial charge is 0.367 e. The molecule has 0 aromatic heterocycles. The van der Waals surface area contributed by atoms with Crippen LogP contribution in [0.5, 0.6) is 0 Å². The first-order chi connectivity index (χ1) is 12.5. The van der Waals surface area contributed by atoms with Crippen molar-refractivity contribution in [1.29, 1.82) is 5.26 Å². The van der Waals surface area contributed by atoms with Crippen LogP contribution in [0.15, 0.2) is 42.5 Å². The second-order valence-corrected chi connectivity index (χ2v) is 7.05. The van der Waals surface area contributed by atoms with E-state index in [0.717, 1.165) is 18.7 Å². The number of hydrogen-bond donors (Lipinski definition) is 2. The van der Waals surface area contributed by atoms with Crippen molar-refractivity contribution in [3.63, 3.8) is 0 Å². The summed E-state index contributed by atoms with van der Waals surface area (Å²) in [5.74, 6) is 0. The van der Waals surface area contributed by atoms with Crippen molar-refractivity contribution < 1.29 is 4.79 Å². The standard InChI is InChI=1S/C19H18Cl2N4O/c1-12-18(24-19(26)23-15-5-3-14(20)4-6-15)8-9-25(12)16-7-2-13(11-22)17(21)10-16/h2-7,10,12,18H,8-9H2,1H3,(H2,23,24,26)/t12-,18-/m0/s1. The van der Waals surface area contributed by atoms with Crippen molar-refractivity contribution in [3.8, 4) is 6.07 Å². The maximum Gasteiger partial charge on any atom is 0.319 e. The summed E-state index contributed by atoms with van der Waals surface area (Å²) in [6, 6.07) is 14.3. The Bertz CT molecular complexity index is 848. The van der Waals surface area contributed by atoms with E-state index in [0.29, 0.717) is 21.3 Å². The lowest BCUT2D eigenvalue weighted by Gasteiger charge is -2.27. The van der Waals surface area contributed by atoms with Gasteiger partial charge in [0.05, 0.1) is 16.6 Å². The van der Waals surface area contributed by atoms with Gasteiger partial charge < -0.3 is 15.5 Å². The number of benzene rings is 2. The van der Waals surface area contributed by atoms with E-state index in [2.05, 4.69) is 28.5 Å². The zero-order valence-electron chi connectivity index (χ0n) is 14.2. The molecule has 2 amide bonds. The Morgan fingerprint density at radius 1 is 1.23 bits per heavy atom. The molecule has 2 N–H and O–H groups in total. The minimum atomic E-state index is -0.246. The monoisotopic (exact) mass is 388 g/mol. The third kappa shape index (κ3) is 4.04. The highest BCUT2D eigenvalue weighted by Gasteiger charge is 2.32. The Hall–Kier alpha value is -2.42. The van der Waals surface area contributed by atoms with Crippen molar-refractivity contribution in [2.75, 3.05) is 16.8 Å². The second kappa shape index (κ2) is 7.86. The van der Waals surface area contributed by atoms with E-state index >= 15 is 0 Å². The molecule has 5 nitrogen and oxygen atoms in total. The molecule has 0 saturated carbocycles. The van der Waals surface area contributed by atoms with Gasteiger partial charge in [-0.05, 0) is 55.8 Å². The van der Waals surface area contributed by atoms with Gasteiger partial charge in [-0.2, -0.15) is 5.26 Å². The van der Waals surface area contributed by atoms with Crippen LogP contribution in [0.3, 0.4) is 0 Å². The zero-order valence-corrected chi connectivity index (χ0v) is 15.7. The number of nitrogens with one attached hydrogen (secondary N) is 2. The zero-order chi connectivity index (χ0) is 18.7. The van der Waals surface area contributed by atoms with Gasteiger partial charge in [0.1, 0.15) is 6.07 Å². The summed E-state index contributed by atoms with van der Waals surface area (Å²) in [4.78, 5) is 14.4. The molecular weight excluding hydrogens is 371 g/mol. The summed E-state index contributed by atoms with van der Waals surface area (Å²) in [5.41, 5.74) is 2.09. The van der Waals surface area contributed by atoms with Crippen molar-refractivity contribution in [3.05, 3.63) is 58.1 Å². The van der Waals surface area contributed by atoms with Gasteiger partial charge in [0.25, 0.3) is 0 Å². The fourth-order valence-electron chi connectivity index (χ4n) is 3.14. The average molecular weight is 389 g/mol. The summed E-state index contributed by atoms with van der Waals surface area (Å²) >= 11 is 12.0. The number of hydrogen-bond acceptors (Lipinski definition) is 3. The molecule has 7 heteroatoms. The molecule has 2 aromatic carbocycles. The van der Waals surface area contributed by atoms with Gasteiger partial charge in [0, 0.05) is 29.0 Å². The van der Waals surface area contributed by atoms with Gasteiger partial charge in [-0.15, -0.1) is 0 Å². The van der Waals surface area contributed by atoms with E-state index < -0.39 is 0 Å². The van der Waals surface area contributed by atoms with Gasteiger partial charge in [-0.1, -0.05) is 23.2 Å². The van der Waals surface area contributed by atoms with Gasteiger partial charge >= 0.3 is 6.03 Å². The Morgan fingerprint density at radius 2 is 1.96 bits per heavy atom. The molecule has 26 heavy (non-hydrogen) atoms. The average Bonchev–Trinajstić information content (AvgIpc) is 2.97. The molecule has 1 fully saturated rings. The summed E-state index contributed by atoms with van der Waals surface area (Å²) in [6.07, 6.45) is 0.826. The normalized spacial score (nSPS) is 19.1. The van der Waals surface area contributed by atoms with Crippen LogP contribution in [0, 0.1) is 11.3 Å². The number of amides is 2. The lowest BCUT2D eigenvalue weighted by atomic mass is 10.1. The Labute approximate surface area is 162 Å². The molecule has 0 spiro atoms. The van der Waals surface area contributed by atoms with Crippen LogP contribution in [-0.2, 0) is 0 Å². The first kappa shape index (κ1) is 18.4. The maximum atomic E-state index is 12.2. The molecule has 1 heterocycles. The Kier molecular flexibility index (Phi) is 5.55. The molecule has 2 aromatic rings. The predicted molar refractivity (Wildman–Crippen MR) is 105 cm³/mol. The molecule has 0 unspecified atom stereocenters. The van der Waals surface area contributed by atoms with Gasteiger partial charge in [0.15, 0.2) is 0 Å². The number of rotatable bonds is 3. The first-order valence-corrected chi connectivity index (χ1v) is 9.03. The quantitative estimate of drug-likeness (QED) is 0.803. The van der Waals surface area contributed by atoms with E-state index in [1.54, 1.807) is 36.4 Å². The number of nitriles is 1. The minimum absolute atomic E-state index is 0.0109. The van der Waals surface area contributed by atoms with E-state index in [9.17, 15) is 4.79 Å². The van der Waals surface area contributed by atoms with Gasteiger partial charge in [-0.3, -0.25) is 0 Å². The van der Waals surface area contributed by atoms with E-state index in [-0.39, 0.29) is 18.1 Å². The number of halogens is 2. The van der Waals surface area contributed by atoms with Gasteiger partial charge in [-0.25, -0.2) is 4.79 Å². The maximum absolute atomic E-state index is 12.2. The molecule has 1 saturated heterocycles. The highest BCUT2D eigenvalue weighted by molar-refractivity contribution is 6.32. The smallest absolute Gasteiger partial charge is 0.319 e. The topological polar surface area (TPSA) is 68.2 Å². The molecule has 3 rings (SSSR count). The van der Waals surface area contributed by atoms with Crippen LogP contribution in [0.25, 0.3) is 0 Å². The molecule has 0 radical (unpaired) electrons. The van der Waals surface area contributed by atoms with Crippen molar-refractivity contribution in [2.24, 2.45) is 0 Å². The SMILES string of the molecule is C[C@H]1[C@@H](NC(=O)Nc2ccc(Cl)cc2)CCN1c1ccc(C#N)c(Cl)c1. The summed E-state index contributed by atoms with van der Waals surface area (Å²) in [6.45, 7) is 2.86. The van der Waals surface area contributed by atoms with Crippen LogP contribution in [0.1, 0.15) is 18.9 Å². The van der Waals surface area contributed by atoms with Crippen LogP contribution < -0.4 is 15.5 Å². The number of nitrogens with zero attached hydrogens (tertiary/aromatic N) is 2. The highest BCUT2D eigenvalue weighted by Crippen LogP contribution is 2.29. The Balaban J connectivity index is 1.62. The van der Waals surface area contributed by atoms with Crippen LogP contribution in [-0.4, -0.2) is 24.7 Å². The molecular formula is C19H18Cl2N4O. The van der Waals surface area contributed by atoms with E-state index in [1.165, 1.54) is 0 Å². The fraction of sp³-hybridized carbons (Fsp3) is 0.263. The Morgan fingerprint density at radius 3 is 2.62 bits per heavy atom. The molecule has 1 aliphatic rings. The molecule has 134 valence electrons. The third-order valence-electron chi connectivity index (χ3n) is 4.58. The van der Waals surface area contributed by atoms with E-state index in [4.69, 9.17) is 28.5 Å². The molecule has 1 aliphatic heterocycles. The number of carbonyl (C=O) groups excluding carboxylic acids is 1. The molecule has 2 atom stereocenters. The lowest BCUT2D eigenvalue weighted by molar-refractivity contribution is 0.248. The van der Waals surface area contributed by atoms with Gasteiger partial charge in [0.2, 0.25) is 0 Å².